The summed E-state index contributed by atoms with van der Waals surface area (Å²) in [7, 11) is 1.68. The Hall–Kier alpha value is -4.24. The van der Waals surface area contributed by atoms with Gasteiger partial charge in [0.15, 0.2) is 0 Å². The molecule has 1 aliphatic carbocycles. The molecule has 224 valence electrons. The Bertz CT molecular complexity index is 1710. The third kappa shape index (κ3) is 6.48. The lowest BCUT2D eigenvalue weighted by atomic mass is 9.88. The van der Waals surface area contributed by atoms with Crippen LogP contribution < -0.4 is 10.1 Å². The van der Waals surface area contributed by atoms with E-state index in [1.165, 1.54) is 18.0 Å². The quantitative estimate of drug-likeness (QED) is 0.171. The van der Waals surface area contributed by atoms with Gasteiger partial charge in [0.05, 0.1) is 40.5 Å². The van der Waals surface area contributed by atoms with Crippen LogP contribution in [-0.4, -0.2) is 37.9 Å². The van der Waals surface area contributed by atoms with E-state index in [4.69, 9.17) is 37.9 Å². The molecule has 3 heterocycles. The third-order valence-electron chi connectivity index (χ3n) is 8.01. The Morgan fingerprint density at radius 3 is 2.59 bits per heavy atom. The molecule has 0 spiro atoms. The first-order chi connectivity index (χ1) is 21.5. The molecule has 0 aliphatic heterocycles. The lowest BCUT2D eigenvalue weighted by molar-refractivity contribution is 0.0951. The first-order valence-electron chi connectivity index (χ1n) is 14.5. The van der Waals surface area contributed by atoms with E-state index in [0.29, 0.717) is 13.1 Å². The Labute approximate surface area is 266 Å². The van der Waals surface area contributed by atoms with Gasteiger partial charge in [0.2, 0.25) is 0 Å². The fourth-order valence-electron chi connectivity index (χ4n) is 5.91. The molecular formula is C34H32Cl2N6O2. The van der Waals surface area contributed by atoms with E-state index >= 15 is 0 Å². The second-order valence-electron chi connectivity index (χ2n) is 10.8. The standard InChI is InChI=1S/C34H32Cl2N6O2/c1-44-26-8-2-6-25(17-26)32(33-39-15-16-40-33)42(29-9-3-5-24-7-4-14-38-31(24)29)21-23-12-10-22(11-13-23)18-41-34(43)30-27(35)19-37-20-28(30)36/h2,4,6-8,10-17,19-20,29,32H,3,5,9,18,21H2,1H3,(H,39,40)(H,41,43). The fourth-order valence-corrected chi connectivity index (χ4v) is 6.44. The van der Waals surface area contributed by atoms with Crippen LogP contribution in [0.3, 0.4) is 0 Å². The molecule has 0 saturated heterocycles. The molecule has 8 nitrogen and oxygen atoms in total. The Balaban J connectivity index is 1.30. The highest BCUT2D eigenvalue weighted by atomic mass is 35.5. The van der Waals surface area contributed by atoms with Gasteiger partial charge in [-0.2, -0.15) is 0 Å². The summed E-state index contributed by atoms with van der Waals surface area (Å²) in [6, 6.07) is 20.6. The molecule has 3 aromatic heterocycles. The molecule has 0 radical (unpaired) electrons. The first kappa shape index (κ1) is 29.8. The Kier molecular flexibility index (Phi) is 9.21. The molecular weight excluding hydrogens is 595 g/mol. The maximum Gasteiger partial charge on any atom is 0.254 e. The van der Waals surface area contributed by atoms with Crippen LogP contribution in [0.2, 0.25) is 10.0 Å². The summed E-state index contributed by atoms with van der Waals surface area (Å²) in [5.41, 5.74) is 5.79. The molecule has 6 rings (SSSR count). The van der Waals surface area contributed by atoms with E-state index < -0.39 is 0 Å². The van der Waals surface area contributed by atoms with E-state index in [1.54, 1.807) is 13.3 Å². The number of nitrogens with zero attached hydrogens (tertiary/aromatic N) is 4. The van der Waals surface area contributed by atoms with Gasteiger partial charge >= 0.3 is 0 Å². The van der Waals surface area contributed by atoms with Gasteiger partial charge in [-0.1, -0.05) is 65.7 Å². The zero-order chi connectivity index (χ0) is 30.5. The lowest BCUT2D eigenvalue weighted by Gasteiger charge is -2.40. The minimum Gasteiger partial charge on any atom is -0.497 e. The number of hydrogen-bond acceptors (Lipinski definition) is 6. The topological polar surface area (TPSA) is 96.0 Å². The van der Waals surface area contributed by atoms with Gasteiger partial charge in [-0.15, -0.1) is 0 Å². The zero-order valence-electron chi connectivity index (χ0n) is 24.2. The number of benzene rings is 2. The number of methoxy groups -OCH3 is 1. The number of halogens is 2. The number of H-pyrrole nitrogens is 1. The van der Waals surface area contributed by atoms with Crippen molar-refractivity contribution in [2.24, 2.45) is 0 Å². The number of carbonyl (C=O) groups excluding carboxylic acids is 1. The predicted octanol–water partition coefficient (Wildman–Crippen LogP) is 7.11. The number of rotatable bonds is 10. The number of aromatic nitrogens is 4. The molecule has 1 amide bonds. The minimum atomic E-state index is -0.347. The number of fused-ring (bicyclic) bond motifs is 1. The number of ether oxygens (including phenoxy) is 1. The molecule has 2 atom stereocenters. The van der Waals surface area contributed by atoms with Gasteiger partial charge < -0.3 is 15.0 Å². The molecule has 0 saturated carbocycles. The van der Waals surface area contributed by atoms with Crippen molar-refractivity contribution in [1.82, 2.24) is 30.2 Å². The molecule has 10 heteroatoms. The van der Waals surface area contributed by atoms with Crippen molar-refractivity contribution in [2.45, 2.75) is 44.4 Å². The normalized spacial score (nSPS) is 15.0. The second-order valence-corrected chi connectivity index (χ2v) is 11.6. The van der Waals surface area contributed by atoms with Gasteiger partial charge in [0, 0.05) is 44.1 Å². The van der Waals surface area contributed by atoms with Crippen molar-refractivity contribution in [3.05, 3.63) is 141 Å². The maximum atomic E-state index is 12.8. The van der Waals surface area contributed by atoms with Crippen molar-refractivity contribution in [3.63, 3.8) is 0 Å². The molecule has 5 aromatic rings. The average molecular weight is 628 g/mol. The van der Waals surface area contributed by atoms with Crippen molar-refractivity contribution in [2.75, 3.05) is 7.11 Å². The average Bonchev–Trinajstić information content (AvgIpc) is 3.58. The second kappa shape index (κ2) is 13.6. The van der Waals surface area contributed by atoms with Gasteiger partial charge in [-0.25, -0.2) is 4.98 Å². The van der Waals surface area contributed by atoms with Gasteiger partial charge in [-0.3, -0.25) is 19.7 Å². The number of aromatic amines is 1. The molecule has 1 aliphatic rings. The zero-order valence-corrected chi connectivity index (χ0v) is 25.7. The number of aryl methyl sites for hydroxylation is 1. The fraction of sp³-hybridized carbons (Fsp3) is 0.235. The van der Waals surface area contributed by atoms with E-state index in [9.17, 15) is 4.79 Å². The van der Waals surface area contributed by atoms with Gasteiger partial charge in [0.25, 0.3) is 5.91 Å². The first-order valence-corrected chi connectivity index (χ1v) is 15.2. The highest BCUT2D eigenvalue weighted by molar-refractivity contribution is 6.39. The number of nitrogens with one attached hydrogen (secondary N) is 2. The van der Waals surface area contributed by atoms with Crippen LogP contribution in [0, 0.1) is 0 Å². The molecule has 2 unspecified atom stereocenters. The molecule has 0 bridgehead atoms. The highest BCUT2D eigenvalue weighted by Crippen LogP contribution is 2.41. The van der Waals surface area contributed by atoms with E-state index in [-0.39, 0.29) is 33.6 Å². The summed E-state index contributed by atoms with van der Waals surface area (Å²) >= 11 is 12.3. The summed E-state index contributed by atoms with van der Waals surface area (Å²) in [5, 5.41) is 3.34. The summed E-state index contributed by atoms with van der Waals surface area (Å²) in [6.45, 7) is 0.981. The van der Waals surface area contributed by atoms with Crippen molar-refractivity contribution in [1.29, 1.82) is 0 Å². The minimum absolute atomic E-state index is 0.0788. The van der Waals surface area contributed by atoms with Crippen LogP contribution in [0.4, 0.5) is 0 Å². The number of carbonyl (C=O) groups is 1. The Morgan fingerprint density at radius 2 is 1.84 bits per heavy atom. The van der Waals surface area contributed by atoms with Gasteiger partial charge in [-0.05, 0) is 59.7 Å². The van der Waals surface area contributed by atoms with Crippen LogP contribution in [0.5, 0.6) is 5.75 Å². The van der Waals surface area contributed by atoms with Crippen molar-refractivity contribution in [3.8, 4) is 5.75 Å². The molecule has 0 fully saturated rings. The van der Waals surface area contributed by atoms with Crippen LogP contribution >= 0.6 is 23.2 Å². The molecule has 2 aromatic carbocycles. The van der Waals surface area contributed by atoms with E-state index in [2.05, 4.69) is 50.5 Å². The monoisotopic (exact) mass is 626 g/mol. The van der Waals surface area contributed by atoms with E-state index in [0.717, 1.165) is 53.2 Å². The van der Waals surface area contributed by atoms with Crippen molar-refractivity contribution < 1.29 is 9.53 Å². The Morgan fingerprint density at radius 1 is 1.05 bits per heavy atom. The smallest absolute Gasteiger partial charge is 0.254 e. The maximum absolute atomic E-state index is 12.8. The number of hydrogen-bond donors (Lipinski definition) is 2. The number of amides is 1. The van der Waals surface area contributed by atoms with Crippen LogP contribution in [0.25, 0.3) is 0 Å². The number of imidazole rings is 1. The van der Waals surface area contributed by atoms with Crippen molar-refractivity contribution >= 4 is 29.1 Å². The lowest BCUT2D eigenvalue weighted by Crippen LogP contribution is -2.36. The molecule has 44 heavy (non-hydrogen) atoms. The predicted molar refractivity (Wildman–Crippen MR) is 171 cm³/mol. The summed E-state index contributed by atoms with van der Waals surface area (Å²) in [4.78, 5) is 32.2. The van der Waals surface area contributed by atoms with Crippen LogP contribution in [0.1, 0.15) is 69.1 Å². The highest BCUT2D eigenvalue weighted by Gasteiger charge is 2.35. The summed E-state index contributed by atoms with van der Waals surface area (Å²) < 4.78 is 5.61. The number of pyridine rings is 2. The summed E-state index contributed by atoms with van der Waals surface area (Å²) in [6.07, 6.45) is 11.4. The SMILES string of the molecule is COc1cccc(C(c2ncc[nH]2)N(Cc2ccc(CNC(=O)c3c(Cl)cncc3Cl)cc2)C2CCCc3cccnc32)c1. The van der Waals surface area contributed by atoms with Crippen LogP contribution in [0.15, 0.2) is 91.6 Å². The van der Waals surface area contributed by atoms with E-state index in [1.807, 2.05) is 42.7 Å². The summed E-state index contributed by atoms with van der Waals surface area (Å²) in [5.74, 6) is 1.30. The van der Waals surface area contributed by atoms with Crippen LogP contribution in [-0.2, 0) is 19.5 Å². The molecule has 2 N–H and O–H groups in total. The largest absolute Gasteiger partial charge is 0.497 e. The third-order valence-corrected chi connectivity index (χ3v) is 8.58. The van der Waals surface area contributed by atoms with Gasteiger partial charge in [0.1, 0.15) is 11.6 Å².